The van der Waals surface area contributed by atoms with Crippen LogP contribution in [0, 0.1) is 0 Å². The van der Waals surface area contributed by atoms with Crippen molar-refractivity contribution in [2.75, 3.05) is 9.86 Å². The second-order valence-electron chi connectivity index (χ2n) is 6.79. The highest BCUT2D eigenvalue weighted by atomic mass is 127. The highest BCUT2D eigenvalue weighted by Crippen LogP contribution is 2.33. The van der Waals surface area contributed by atoms with Crippen LogP contribution in [0.25, 0.3) is 21.8 Å². The van der Waals surface area contributed by atoms with E-state index in [-0.39, 0.29) is 11.1 Å². The Labute approximate surface area is 171 Å². The molecule has 0 saturated carbocycles. The Bertz CT molecular complexity index is 725. The van der Waals surface area contributed by atoms with Gasteiger partial charge in [0.1, 0.15) is 0 Å². The summed E-state index contributed by atoms with van der Waals surface area (Å²) in [5.74, 6) is 0. The zero-order chi connectivity index (χ0) is 18.7. The monoisotopic (exact) mass is 554 g/mol. The number of H-pyrrole nitrogens is 2. The van der Waals surface area contributed by atoms with Gasteiger partial charge >= 0.3 is 0 Å². The van der Waals surface area contributed by atoms with E-state index in [1.165, 1.54) is 0 Å². The molecule has 0 aliphatic heterocycles. The number of hydrogen-bond donors (Lipinski definition) is 4. The minimum atomic E-state index is -0.374. The van der Waals surface area contributed by atoms with Gasteiger partial charge in [-0.05, 0) is 60.8 Å². The van der Waals surface area contributed by atoms with Gasteiger partial charge in [-0.2, -0.15) is 0 Å². The third kappa shape index (κ3) is 4.44. The van der Waals surface area contributed by atoms with Gasteiger partial charge in [0, 0.05) is 45.3 Å². The number of aromatic nitrogens is 2. The van der Waals surface area contributed by atoms with Gasteiger partial charge < -0.3 is 21.4 Å². The average Bonchev–Trinajstić information content (AvgIpc) is 3.10. The summed E-state index contributed by atoms with van der Waals surface area (Å²) in [5, 5.41) is 2.32. The first-order chi connectivity index (χ1) is 11.2. The quantitative estimate of drug-likeness (QED) is 0.262. The van der Waals surface area contributed by atoms with Crippen molar-refractivity contribution in [3.63, 3.8) is 0 Å². The van der Waals surface area contributed by atoms with Crippen LogP contribution in [0.2, 0.25) is 0 Å². The molecule has 0 fully saturated rings. The Morgan fingerprint density at radius 3 is 1.33 bits per heavy atom. The van der Waals surface area contributed by atoms with E-state index in [4.69, 9.17) is 11.5 Å². The zero-order valence-corrected chi connectivity index (χ0v) is 19.5. The molecular weight excluding hydrogens is 526 g/mol. The van der Waals surface area contributed by atoms with Crippen LogP contribution in [0.3, 0.4) is 0 Å². The first kappa shape index (κ1) is 21.7. The van der Waals surface area contributed by atoms with Gasteiger partial charge in [0.25, 0.3) is 0 Å². The molecule has 1 aromatic carbocycles. The Hall–Kier alpha value is -0.320. The predicted octanol–water partition coefficient (Wildman–Crippen LogP) is 5.14. The molecule has 0 saturated heterocycles. The number of benzene rings is 1. The number of hydrogen-bond acceptors (Lipinski definition) is 2. The van der Waals surface area contributed by atoms with E-state index in [1.807, 2.05) is 49.9 Å². The smallest absolute Gasteiger partial charge is 0.0478 e. The zero-order valence-electron chi connectivity index (χ0n) is 15.2. The molecule has 0 bridgehead atoms. The van der Waals surface area contributed by atoms with Gasteiger partial charge in [-0.1, -0.05) is 45.2 Å². The lowest BCUT2D eigenvalue weighted by molar-refractivity contribution is 0.559. The maximum Gasteiger partial charge on any atom is 0.0478 e. The molecule has 0 spiro atoms. The largest absolute Gasteiger partial charge is 0.361 e. The number of fused-ring (bicyclic) bond motifs is 2. The van der Waals surface area contributed by atoms with E-state index in [2.05, 4.69) is 67.3 Å². The first-order valence-corrected chi connectivity index (χ1v) is 12.0. The van der Waals surface area contributed by atoms with E-state index in [9.17, 15) is 0 Å². The van der Waals surface area contributed by atoms with Crippen molar-refractivity contribution in [3.8, 4) is 0 Å². The highest BCUT2D eigenvalue weighted by molar-refractivity contribution is 14.1. The Morgan fingerprint density at radius 1 is 0.708 bits per heavy atom. The lowest BCUT2D eigenvalue weighted by Crippen LogP contribution is -2.28. The van der Waals surface area contributed by atoms with Crippen molar-refractivity contribution in [2.24, 2.45) is 11.5 Å². The standard InChI is InChI=1S/C16H22N4.2CH3I/c1-15(2,17)11-7-19-13-6-14-10(5-9(11)13)12(8-20-14)16(3,4)18;2*1-2/h5-8,19-20H,17-18H2,1-4H3;2*1H3. The maximum absolute atomic E-state index is 6.26. The Balaban J connectivity index is 0.000000671. The normalized spacial score (nSPS) is 11.8. The fourth-order valence-corrected chi connectivity index (χ4v) is 2.81. The highest BCUT2D eigenvalue weighted by Gasteiger charge is 2.22. The number of alkyl halides is 2. The summed E-state index contributed by atoms with van der Waals surface area (Å²) in [6.45, 7) is 8.07. The van der Waals surface area contributed by atoms with E-state index in [0.29, 0.717) is 0 Å². The van der Waals surface area contributed by atoms with Crippen molar-refractivity contribution < 1.29 is 0 Å². The lowest BCUT2D eigenvalue weighted by Gasteiger charge is -2.19. The number of nitrogens with one attached hydrogen (secondary N) is 2. The fourth-order valence-electron chi connectivity index (χ4n) is 2.81. The predicted molar refractivity (Wildman–Crippen MR) is 124 cm³/mol. The maximum atomic E-state index is 6.26. The second kappa shape index (κ2) is 8.37. The van der Waals surface area contributed by atoms with Crippen LogP contribution in [0.1, 0.15) is 38.8 Å². The molecule has 2 aromatic heterocycles. The van der Waals surface area contributed by atoms with Crippen molar-refractivity contribution in [1.29, 1.82) is 0 Å². The molecule has 0 radical (unpaired) electrons. The van der Waals surface area contributed by atoms with Gasteiger partial charge in [-0.25, -0.2) is 0 Å². The summed E-state index contributed by atoms with van der Waals surface area (Å²) in [4.78, 5) is 10.5. The molecule has 134 valence electrons. The molecule has 6 heteroatoms. The molecular formula is C18H28I2N4. The summed E-state index contributed by atoms with van der Waals surface area (Å²) in [6.07, 6.45) is 3.99. The second-order valence-corrected chi connectivity index (χ2v) is 6.79. The molecule has 6 N–H and O–H groups in total. The SMILES string of the molecule is CC(C)(N)c1c[nH]c2cc3[nH]cc(C(C)(C)N)c3cc12.CI.CI. The Morgan fingerprint density at radius 2 is 1.04 bits per heavy atom. The first-order valence-electron chi connectivity index (χ1n) is 7.64. The van der Waals surface area contributed by atoms with Crippen LogP contribution in [0.15, 0.2) is 24.5 Å². The molecule has 0 amide bonds. The van der Waals surface area contributed by atoms with Crippen molar-refractivity contribution in [1.82, 2.24) is 9.97 Å². The molecule has 2 heterocycles. The summed E-state index contributed by atoms with van der Waals surface area (Å²) < 4.78 is 0. The van der Waals surface area contributed by atoms with Gasteiger partial charge in [-0.15, -0.1) is 0 Å². The minimum absolute atomic E-state index is 0.374. The molecule has 4 nitrogen and oxygen atoms in total. The fraction of sp³-hybridized carbons (Fsp3) is 0.444. The summed E-state index contributed by atoms with van der Waals surface area (Å²) in [5.41, 5.74) is 16.2. The number of halogens is 2. The topological polar surface area (TPSA) is 83.6 Å². The summed E-state index contributed by atoms with van der Waals surface area (Å²) in [6, 6.07) is 4.31. The number of rotatable bonds is 2. The lowest BCUT2D eigenvalue weighted by atomic mass is 9.92. The number of nitrogens with two attached hydrogens (primary N) is 2. The van der Waals surface area contributed by atoms with Gasteiger partial charge in [0.05, 0.1) is 0 Å². The van der Waals surface area contributed by atoms with Crippen LogP contribution in [0.4, 0.5) is 0 Å². The van der Waals surface area contributed by atoms with Crippen molar-refractivity contribution in [2.45, 2.75) is 38.8 Å². The molecule has 3 rings (SSSR count). The van der Waals surface area contributed by atoms with Crippen LogP contribution < -0.4 is 11.5 Å². The number of aromatic amines is 2. The van der Waals surface area contributed by atoms with Crippen molar-refractivity contribution in [3.05, 3.63) is 35.7 Å². The van der Waals surface area contributed by atoms with Gasteiger partial charge in [0.15, 0.2) is 0 Å². The van der Waals surface area contributed by atoms with E-state index < -0.39 is 0 Å². The van der Waals surface area contributed by atoms with Crippen LogP contribution in [-0.2, 0) is 11.1 Å². The van der Waals surface area contributed by atoms with E-state index in [1.54, 1.807) is 0 Å². The Kier molecular flexibility index (Phi) is 7.58. The molecule has 0 unspecified atom stereocenters. The molecule has 3 aromatic rings. The van der Waals surface area contributed by atoms with E-state index in [0.717, 1.165) is 32.9 Å². The van der Waals surface area contributed by atoms with Gasteiger partial charge in [-0.3, -0.25) is 0 Å². The minimum Gasteiger partial charge on any atom is -0.361 e. The third-order valence-corrected chi connectivity index (χ3v) is 3.87. The molecule has 24 heavy (non-hydrogen) atoms. The molecule has 0 aliphatic rings. The van der Waals surface area contributed by atoms with E-state index >= 15 is 0 Å². The van der Waals surface area contributed by atoms with Crippen LogP contribution in [-0.4, -0.2) is 19.8 Å². The molecule has 0 aliphatic carbocycles. The summed E-state index contributed by atoms with van der Waals surface area (Å²) >= 11 is 4.30. The van der Waals surface area contributed by atoms with Crippen molar-refractivity contribution >= 4 is 67.0 Å². The average molecular weight is 554 g/mol. The third-order valence-electron chi connectivity index (χ3n) is 3.87. The van der Waals surface area contributed by atoms with Crippen LogP contribution >= 0.6 is 45.2 Å². The summed E-state index contributed by atoms with van der Waals surface area (Å²) in [7, 11) is 0. The van der Waals surface area contributed by atoms with Gasteiger partial charge in [0.2, 0.25) is 0 Å². The van der Waals surface area contributed by atoms with Crippen LogP contribution in [0.5, 0.6) is 0 Å². The molecule has 0 atom stereocenters.